The van der Waals surface area contributed by atoms with E-state index in [0.29, 0.717) is 18.9 Å². The molecular formula is C15H17NO2. The summed E-state index contributed by atoms with van der Waals surface area (Å²) in [6, 6.07) is 13.6. The molecule has 0 saturated heterocycles. The van der Waals surface area contributed by atoms with Crippen molar-refractivity contribution in [2.45, 2.75) is 26.1 Å². The maximum Gasteiger partial charge on any atom is 0.213 e. The van der Waals surface area contributed by atoms with Crippen LogP contribution in [-0.4, -0.2) is 10.1 Å². The second-order valence-electron chi connectivity index (χ2n) is 4.13. The molecule has 1 heterocycles. The van der Waals surface area contributed by atoms with Crippen LogP contribution < -0.4 is 4.74 Å². The van der Waals surface area contributed by atoms with Crippen LogP contribution in [0.15, 0.2) is 48.7 Å². The third-order valence-electron chi connectivity index (χ3n) is 2.76. The highest BCUT2D eigenvalue weighted by molar-refractivity contribution is 5.20. The summed E-state index contributed by atoms with van der Waals surface area (Å²) >= 11 is 0. The summed E-state index contributed by atoms with van der Waals surface area (Å²) in [4.78, 5) is 4.18. The number of aliphatic hydroxyl groups is 1. The predicted octanol–water partition coefficient (Wildman–Crippen LogP) is 3.10. The first-order valence-corrected chi connectivity index (χ1v) is 6.10. The van der Waals surface area contributed by atoms with Crippen LogP contribution in [0.1, 0.15) is 30.6 Å². The van der Waals surface area contributed by atoms with Crippen molar-refractivity contribution in [1.29, 1.82) is 0 Å². The monoisotopic (exact) mass is 243 g/mol. The molecule has 0 unspecified atom stereocenters. The van der Waals surface area contributed by atoms with Crippen molar-refractivity contribution in [2.24, 2.45) is 0 Å². The van der Waals surface area contributed by atoms with Crippen LogP contribution in [0.25, 0.3) is 0 Å². The lowest BCUT2D eigenvalue weighted by Gasteiger charge is -2.09. The molecule has 0 spiro atoms. The van der Waals surface area contributed by atoms with E-state index >= 15 is 0 Å². The van der Waals surface area contributed by atoms with Gasteiger partial charge in [0, 0.05) is 12.3 Å². The second kappa shape index (κ2) is 6.17. The zero-order valence-electron chi connectivity index (χ0n) is 10.4. The van der Waals surface area contributed by atoms with Gasteiger partial charge in [-0.2, -0.15) is 0 Å². The summed E-state index contributed by atoms with van der Waals surface area (Å²) in [6.45, 7) is 2.44. The summed E-state index contributed by atoms with van der Waals surface area (Å²) < 4.78 is 5.57. The molecule has 0 amide bonds. The average molecular weight is 243 g/mol. The van der Waals surface area contributed by atoms with Crippen molar-refractivity contribution >= 4 is 0 Å². The highest BCUT2D eigenvalue weighted by Crippen LogP contribution is 2.17. The first-order valence-electron chi connectivity index (χ1n) is 6.10. The Morgan fingerprint density at radius 3 is 2.56 bits per heavy atom. The van der Waals surface area contributed by atoms with E-state index in [4.69, 9.17) is 4.74 Å². The highest BCUT2D eigenvalue weighted by Gasteiger charge is 2.05. The molecule has 1 N–H and O–H groups in total. The number of aliphatic hydroxyl groups excluding tert-OH is 1. The summed E-state index contributed by atoms with van der Waals surface area (Å²) in [6.07, 6.45) is 1.90. The van der Waals surface area contributed by atoms with Gasteiger partial charge >= 0.3 is 0 Å². The number of rotatable bonds is 5. The van der Waals surface area contributed by atoms with Crippen molar-refractivity contribution in [2.75, 3.05) is 0 Å². The maximum atomic E-state index is 9.65. The van der Waals surface area contributed by atoms with E-state index in [1.165, 1.54) is 0 Å². The molecule has 1 aromatic heterocycles. The van der Waals surface area contributed by atoms with Gasteiger partial charge in [0.25, 0.3) is 0 Å². The average Bonchev–Trinajstić information content (AvgIpc) is 2.46. The Balaban J connectivity index is 1.94. The van der Waals surface area contributed by atoms with Crippen LogP contribution in [0.3, 0.4) is 0 Å². The Kier molecular flexibility index (Phi) is 4.31. The van der Waals surface area contributed by atoms with Crippen molar-refractivity contribution < 1.29 is 9.84 Å². The summed E-state index contributed by atoms with van der Waals surface area (Å²) in [5.41, 5.74) is 1.93. The molecule has 3 heteroatoms. The molecule has 2 rings (SSSR count). The molecule has 0 aliphatic carbocycles. The Hall–Kier alpha value is -1.87. The number of aromatic nitrogens is 1. The van der Waals surface area contributed by atoms with Gasteiger partial charge in [-0.3, -0.25) is 0 Å². The lowest BCUT2D eigenvalue weighted by molar-refractivity contribution is 0.173. The molecule has 3 nitrogen and oxygen atoms in total. The topological polar surface area (TPSA) is 42.4 Å². The van der Waals surface area contributed by atoms with Crippen LogP contribution in [0.4, 0.5) is 0 Å². The fraction of sp³-hybridized carbons (Fsp3) is 0.267. The maximum absolute atomic E-state index is 9.65. The zero-order valence-corrected chi connectivity index (χ0v) is 10.4. The van der Waals surface area contributed by atoms with E-state index in [-0.39, 0.29) is 0 Å². The van der Waals surface area contributed by atoms with Gasteiger partial charge in [-0.1, -0.05) is 37.3 Å². The third-order valence-corrected chi connectivity index (χ3v) is 2.76. The number of ether oxygens (including phenoxy) is 1. The molecule has 0 aliphatic heterocycles. The summed E-state index contributed by atoms with van der Waals surface area (Å²) in [7, 11) is 0. The van der Waals surface area contributed by atoms with E-state index in [1.807, 2.05) is 43.3 Å². The minimum absolute atomic E-state index is 0.444. The van der Waals surface area contributed by atoms with Crippen molar-refractivity contribution in [3.63, 3.8) is 0 Å². The van der Waals surface area contributed by atoms with E-state index in [1.54, 1.807) is 12.3 Å². The van der Waals surface area contributed by atoms with E-state index in [0.717, 1.165) is 11.1 Å². The van der Waals surface area contributed by atoms with Gasteiger partial charge in [0.2, 0.25) is 5.88 Å². The van der Waals surface area contributed by atoms with Gasteiger partial charge < -0.3 is 9.84 Å². The van der Waals surface area contributed by atoms with Gasteiger partial charge in [0.1, 0.15) is 6.61 Å². The molecule has 0 fully saturated rings. The SMILES string of the molecule is CC[C@@H](O)c1ccc(OCc2ccccc2)nc1. The van der Waals surface area contributed by atoms with Crippen LogP contribution in [-0.2, 0) is 6.61 Å². The summed E-state index contributed by atoms with van der Waals surface area (Å²) in [5, 5.41) is 9.65. The number of hydrogen-bond donors (Lipinski definition) is 1. The molecular weight excluding hydrogens is 226 g/mol. The number of pyridine rings is 1. The van der Waals surface area contributed by atoms with E-state index < -0.39 is 6.10 Å². The molecule has 0 bridgehead atoms. The van der Waals surface area contributed by atoms with Crippen molar-refractivity contribution in [3.8, 4) is 5.88 Å². The normalized spacial score (nSPS) is 12.1. The molecule has 0 radical (unpaired) electrons. The highest BCUT2D eigenvalue weighted by atomic mass is 16.5. The molecule has 0 aliphatic rings. The Bertz CT molecular complexity index is 468. The lowest BCUT2D eigenvalue weighted by atomic mass is 10.1. The zero-order chi connectivity index (χ0) is 12.8. The molecule has 1 aromatic carbocycles. The largest absolute Gasteiger partial charge is 0.473 e. The Labute approximate surface area is 107 Å². The number of nitrogens with zero attached hydrogens (tertiary/aromatic N) is 1. The van der Waals surface area contributed by atoms with Gasteiger partial charge in [0.15, 0.2) is 0 Å². The number of benzene rings is 1. The predicted molar refractivity (Wildman–Crippen MR) is 70.3 cm³/mol. The Morgan fingerprint density at radius 2 is 1.94 bits per heavy atom. The van der Waals surface area contributed by atoms with Gasteiger partial charge in [-0.25, -0.2) is 4.98 Å². The minimum atomic E-state index is -0.444. The smallest absolute Gasteiger partial charge is 0.213 e. The second-order valence-corrected chi connectivity index (χ2v) is 4.13. The standard InChI is InChI=1S/C15H17NO2/c1-2-14(17)13-8-9-15(16-10-13)18-11-12-6-4-3-5-7-12/h3-10,14,17H,2,11H2,1H3/t14-/m1/s1. The van der Waals surface area contributed by atoms with Gasteiger partial charge in [-0.05, 0) is 23.6 Å². The molecule has 18 heavy (non-hydrogen) atoms. The van der Waals surface area contributed by atoms with Crippen LogP contribution >= 0.6 is 0 Å². The summed E-state index contributed by atoms with van der Waals surface area (Å²) in [5.74, 6) is 0.575. The molecule has 94 valence electrons. The molecule has 2 aromatic rings. The lowest BCUT2D eigenvalue weighted by Crippen LogP contribution is -1.99. The fourth-order valence-corrected chi connectivity index (χ4v) is 1.64. The first-order chi connectivity index (χ1) is 8.79. The molecule has 1 atom stereocenters. The third kappa shape index (κ3) is 3.31. The Morgan fingerprint density at radius 1 is 1.17 bits per heavy atom. The fourth-order valence-electron chi connectivity index (χ4n) is 1.64. The van der Waals surface area contributed by atoms with E-state index in [9.17, 15) is 5.11 Å². The van der Waals surface area contributed by atoms with E-state index in [2.05, 4.69) is 4.98 Å². The van der Waals surface area contributed by atoms with Gasteiger partial charge in [0.05, 0.1) is 6.10 Å². The van der Waals surface area contributed by atoms with Crippen LogP contribution in [0, 0.1) is 0 Å². The quantitative estimate of drug-likeness (QED) is 0.877. The van der Waals surface area contributed by atoms with Gasteiger partial charge in [-0.15, -0.1) is 0 Å². The minimum Gasteiger partial charge on any atom is -0.473 e. The number of hydrogen-bond acceptors (Lipinski definition) is 3. The first kappa shape index (κ1) is 12.6. The van der Waals surface area contributed by atoms with Crippen molar-refractivity contribution in [3.05, 3.63) is 59.8 Å². The van der Waals surface area contributed by atoms with Crippen LogP contribution in [0.2, 0.25) is 0 Å². The van der Waals surface area contributed by atoms with Crippen LogP contribution in [0.5, 0.6) is 5.88 Å². The molecule has 0 saturated carbocycles. The van der Waals surface area contributed by atoms with Crippen molar-refractivity contribution in [1.82, 2.24) is 4.98 Å².